The van der Waals surface area contributed by atoms with Crippen molar-refractivity contribution in [3.63, 3.8) is 0 Å². The molecular weight excluding hydrogens is 275 g/mol. The second kappa shape index (κ2) is 5.02. The third-order valence-electron chi connectivity index (χ3n) is 4.01. The molecule has 6 heteroatoms. The van der Waals surface area contributed by atoms with Gasteiger partial charge in [0.15, 0.2) is 0 Å². The van der Waals surface area contributed by atoms with E-state index >= 15 is 0 Å². The lowest BCUT2D eigenvalue weighted by atomic mass is 9.98. The van der Waals surface area contributed by atoms with Crippen LogP contribution in [0.3, 0.4) is 0 Å². The Hall–Kier alpha value is -2.11. The molecule has 0 aromatic heterocycles. The number of ether oxygens (including phenoxy) is 1. The zero-order valence-electron chi connectivity index (χ0n) is 11.8. The number of benzene rings is 1. The Morgan fingerprint density at radius 2 is 2.24 bits per heavy atom. The Balaban J connectivity index is 1.93. The van der Waals surface area contributed by atoms with E-state index in [1.54, 1.807) is 25.1 Å². The first-order valence-electron chi connectivity index (χ1n) is 7.03. The number of carbonyl (C=O) groups is 2. The van der Waals surface area contributed by atoms with Gasteiger partial charge in [0.25, 0.3) is 5.91 Å². The summed E-state index contributed by atoms with van der Waals surface area (Å²) >= 11 is 0. The van der Waals surface area contributed by atoms with E-state index in [0.29, 0.717) is 12.3 Å². The number of fused-ring (bicyclic) bond motifs is 1. The minimum atomic E-state index is -1.17. The molecule has 1 fully saturated rings. The van der Waals surface area contributed by atoms with Gasteiger partial charge in [-0.05, 0) is 43.5 Å². The number of amides is 3. The molecule has 3 amide bonds. The van der Waals surface area contributed by atoms with Gasteiger partial charge in [-0.2, -0.15) is 0 Å². The van der Waals surface area contributed by atoms with Gasteiger partial charge in [-0.1, -0.05) is 0 Å². The Bertz CT molecular complexity index is 605. The molecule has 5 nitrogen and oxygen atoms in total. The Labute approximate surface area is 122 Å². The van der Waals surface area contributed by atoms with E-state index in [0.717, 1.165) is 29.1 Å². The van der Waals surface area contributed by atoms with Crippen molar-refractivity contribution in [3.05, 3.63) is 23.8 Å². The van der Waals surface area contributed by atoms with Crippen LogP contribution in [0.5, 0.6) is 5.75 Å². The van der Waals surface area contributed by atoms with E-state index in [2.05, 4.69) is 5.32 Å². The molecule has 0 saturated carbocycles. The van der Waals surface area contributed by atoms with Crippen LogP contribution in [0.4, 0.5) is 14.9 Å². The van der Waals surface area contributed by atoms with Crippen LogP contribution in [0.15, 0.2) is 18.2 Å². The number of nitrogens with one attached hydrogen (secondary N) is 1. The van der Waals surface area contributed by atoms with E-state index in [-0.39, 0.29) is 6.42 Å². The van der Waals surface area contributed by atoms with Crippen molar-refractivity contribution >= 4 is 17.6 Å². The molecule has 21 heavy (non-hydrogen) atoms. The summed E-state index contributed by atoms with van der Waals surface area (Å²) < 4.78 is 18.1. The molecule has 2 aliphatic heterocycles. The van der Waals surface area contributed by atoms with Gasteiger partial charge in [-0.3, -0.25) is 9.18 Å². The van der Waals surface area contributed by atoms with Crippen molar-refractivity contribution < 1.29 is 18.7 Å². The number of nitrogens with zero attached hydrogens (tertiary/aromatic N) is 1. The first-order valence-corrected chi connectivity index (χ1v) is 7.03. The summed E-state index contributed by atoms with van der Waals surface area (Å²) in [6.07, 6.45) is 1.74. The molecule has 3 rings (SSSR count). The van der Waals surface area contributed by atoms with Crippen LogP contribution in [-0.4, -0.2) is 30.8 Å². The van der Waals surface area contributed by atoms with Crippen molar-refractivity contribution in [3.8, 4) is 5.75 Å². The molecular formula is C15H17FN2O3. The van der Waals surface area contributed by atoms with E-state index in [4.69, 9.17) is 4.74 Å². The van der Waals surface area contributed by atoms with Crippen molar-refractivity contribution in [2.45, 2.75) is 31.7 Å². The highest BCUT2D eigenvalue weighted by Gasteiger charge is 2.48. The summed E-state index contributed by atoms with van der Waals surface area (Å²) in [5, 5.41) is 2.58. The van der Waals surface area contributed by atoms with Crippen LogP contribution in [0.1, 0.15) is 25.3 Å². The smallest absolute Gasteiger partial charge is 0.329 e. The third kappa shape index (κ3) is 2.24. The molecule has 0 spiro atoms. The van der Waals surface area contributed by atoms with Crippen LogP contribution in [0.25, 0.3) is 0 Å². The fourth-order valence-corrected chi connectivity index (χ4v) is 2.76. The van der Waals surface area contributed by atoms with Crippen molar-refractivity contribution in [2.24, 2.45) is 0 Å². The number of alkyl halides is 1. The van der Waals surface area contributed by atoms with Crippen LogP contribution < -0.4 is 15.0 Å². The number of halogens is 1. The predicted molar refractivity (Wildman–Crippen MR) is 75.3 cm³/mol. The summed E-state index contributed by atoms with van der Waals surface area (Å²) in [4.78, 5) is 25.6. The second-order valence-corrected chi connectivity index (χ2v) is 5.59. The highest BCUT2D eigenvalue weighted by atomic mass is 19.1. The summed E-state index contributed by atoms with van der Waals surface area (Å²) in [7, 11) is 0. The minimum absolute atomic E-state index is 0.0257. The van der Waals surface area contributed by atoms with Crippen LogP contribution in [0, 0.1) is 0 Å². The minimum Gasteiger partial charge on any atom is -0.493 e. The number of urea groups is 1. The van der Waals surface area contributed by atoms with E-state index < -0.39 is 24.2 Å². The molecule has 0 radical (unpaired) electrons. The summed E-state index contributed by atoms with van der Waals surface area (Å²) in [6.45, 7) is 1.58. The molecule has 1 saturated heterocycles. The quantitative estimate of drug-likeness (QED) is 0.869. The number of rotatable bonds is 3. The first kappa shape index (κ1) is 13.9. The van der Waals surface area contributed by atoms with Gasteiger partial charge < -0.3 is 10.1 Å². The molecule has 0 aliphatic carbocycles. The molecule has 1 unspecified atom stereocenters. The van der Waals surface area contributed by atoms with Crippen LogP contribution in [-0.2, 0) is 11.2 Å². The largest absolute Gasteiger partial charge is 0.493 e. The topological polar surface area (TPSA) is 58.6 Å². The lowest BCUT2D eigenvalue weighted by Crippen LogP contribution is -2.44. The summed E-state index contributed by atoms with van der Waals surface area (Å²) in [6, 6.07) is 4.75. The maximum atomic E-state index is 12.6. The Kier molecular flexibility index (Phi) is 3.31. The average Bonchev–Trinajstić information content (AvgIpc) is 2.69. The Morgan fingerprint density at radius 1 is 1.43 bits per heavy atom. The molecule has 2 heterocycles. The van der Waals surface area contributed by atoms with Gasteiger partial charge in [0.1, 0.15) is 11.3 Å². The number of carbonyl (C=O) groups excluding carboxylic acids is 2. The zero-order valence-corrected chi connectivity index (χ0v) is 11.8. The normalized spacial score (nSPS) is 24.6. The SMILES string of the molecule is CC1(CCF)NC(=O)N(c2ccc3c(c2)CCCO3)C1=O. The fraction of sp³-hybridized carbons (Fsp3) is 0.467. The highest BCUT2D eigenvalue weighted by Crippen LogP contribution is 2.32. The van der Waals surface area contributed by atoms with Crippen molar-refractivity contribution in [1.82, 2.24) is 5.32 Å². The maximum absolute atomic E-state index is 12.6. The number of hydrogen-bond acceptors (Lipinski definition) is 3. The van der Waals surface area contributed by atoms with Crippen molar-refractivity contribution in [2.75, 3.05) is 18.2 Å². The van der Waals surface area contributed by atoms with Gasteiger partial charge in [0, 0.05) is 6.42 Å². The van der Waals surface area contributed by atoms with Crippen LogP contribution >= 0.6 is 0 Å². The lowest BCUT2D eigenvalue weighted by Gasteiger charge is -2.22. The number of aryl methyl sites for hydroxylation is 1. The van der Waals surface area contributed by atoms with Gasteiger partial charge >= 0.3 is 6.03 Å². The maximum Gasteiger partial charge on any atom is 0.329 e. The molecule has 1 atom stereocenters. The summed E-state index contributed by atoms with van der Waals surface area (Å²) in [5.41, 5.74) is 0.320. The molecule has 2 aliphatic rings. The van der Waals surface area contributed by atoms with Gasteiger partial charge in [-0.15, -0.1) is 0 Å². The highest BCUT2D eigenvalue weighted by molar-refractivity contribution is 6.23. The van der Waals surface area contributed by atoms with Crippen molar-refractivity contribution in [1.29, 1.82) is 0 Å². The fourth-order valence-electron chi connectivity index (χ4n) is 2.76. The van der Waals surface area contributed by atoms with E-state index in [1.807, 2.05) is 0 Å². The number of anilines is 1. The second-order valence-electron chi connectivity index (χ2n) is 5.59. The number of hydrogen-bond donors (Lipinski definition) is 1. The molecule has 112 valence electrons. The Morgan fingerprint density at radius 3 is 3.00 bits per heavy atom. The van der Waals surface area contributed by atoms with E-state index in [9.17, 15) is 14.0 Å². The zero-order chi connectivity index (χ0) is 15.0. The van der Waals surface area contributed by atoms with E-state index in [1.165, 1.54) is 0 Å². The molecule has 1 N–H and O–H groups in total. The molecule has 0 bridgehead atoms. The summed E-state index contributed by atoms with van der Waals surface area (Å²) in [5.74, 6) is 0.380. The van der Waals surface area contributed by atoms with Gasteiger partial charge in [-0.25, -0.2) is 9.69 Å². The average molecular weight is 292 g/mol. The van der Waals surface area contributed by atoms with Crippen LogP contribution in [0.2, 0.25) is 0 Å². The number of imide groups is 1. The monoisotopic (exact) mass is 292 g/mol. The molecule has 1 aromatic rings. The standard InChI is InChI=1S/C15H17FN2O3/c1-15(6-7-16)13(19)18(14(20)17-15)11-4-5-12-10(9-11)3-2-8-21-12/h4-5,9H,2-3,6-8H2,1H3,(H,17,20). The lowest BCUT2D eigenvalue weighted by molar-refractivity contribution is -0.121. The first-order chi connectivity index (χ1) is 10.0. The van der Waals surface area contributed by atoms with Gasteiger partial charge in [0.2, 0.25) is 0 Å². The predicted octanol–water partition coefficient (Wildman–Crippen LogP) is 2.19. The van der Waals surface area contributed by atoms with Gasteiger partial charge in [0.05, 0.1) is 19.0 Å². The molecule has 1 aromatic carbocycles. The third-order valence-corrected chi connectivity index (χ3v) is 4.01.